The molecule has 2 N–H and O–H groups in total. The van der Waals surface area contributed by atoms with E-state index in [1.165, 1.54) is 5.69 Å². The van der Waals surface area contributed by atoms with Crippen molar-refractivity contribution in [2.24, 2.45) is 12.8 Å². The maximum absolute atomic E-state index is 5.97. The van der Waals surface area contributed by atoms with Crippen LogP contribution in [0.1, 0.15) is 18.5 Å². The summed E-state index contributed by atoms with van der Waals surface area (Å²) in [5.41, 5.74) is 7.31. The third-order valence-corrected chi connectivity index (χ3v) is 2.35. The molecule has 1 aromatic rings. The summed E-state index contributed by atoms with van der Waals surface area (Å²) in [6.07, 6.45) is 5.13. The molecule has 0 spiro atoms. The van der Waals surface area contributed by atoms with Gasteiger partial charge in [-0.3, -0.25) is 4.68 Å². The molecule has 1 aliphatic carbocycles. The van der Waals surface area contributed by atoms with Gasteiger partial charge < -0.3 is 5.73 Å². The zero-order valence-corrected chi connectivity index (χ0v) is 6.75. The summed E-state index contributed by atoms with van der Waals surface area (Å²) in [7, 11) is 1.96. The highest BCUT2D eigenvalue weighted by atomic mass is 15.3. The van der Waals surface area contributed by atoms with Crippen molar-refractivity contribution in [2.75, 3.05) is 0 Å². The molecule has 3 nitrogen and oxygen atoms in total. The van der Waals surface area contributed by atoms with Gasteiger partial charge in [-0.05, 0) is 18.9 Å². The van der Waals surface area contributed by atoms with Crippen molar-refractivity contribution in [3.8, 4) is 0 Å². The Balaban J connectivity index is 2.12. The minimum absolute atomic E-state index is 0.105. The van der Waals surface area contributed by atoms with E-state index in [2.05, 4.69) is 5.10 Å². The largest absolute Gasteiger partial charge is 0.325 e. The number of rotatable bonds is 2. The summed E-state index contributed by atoms with van der Waals surface area (Å²) in [4.78, 5) is 0. The lowest BCUT2D eigenvalue weighted by molar-refractivity contribution is 0.613. The zero-order chi connectivity index (χ0) is 7.90. The number of nitrogens with zero attached hydrogens (tertiary/aromatic N) is 2. The minimum Gasteiger partial charge on any atom is -0.325 e. The van der Waals surface area contributed by atoms with Gasteiger partial charge in [0.1, 0.15) is 0 Å². The predicted octanol–water partition coefficient (Wildman–Crippen LogP) is 0.454. The van der Waals surface area contributed by atoms with E-state index in [-0.39, 0.29) is 5.54 Å². The Labute approximate surface area is 66.2 Å². The van der Waals surface area contributed by atoms with Crippen LogP contribution in [0.4, 0.5) is 0 Å². The lowest BCUT2D eigenvalue weighted by Crippen LogP contribution is -2.25. The first-order valence-corrected chi connectivity index (χ1v) is 3.95. The Hall–Kier alpha value is -0.830. The molecule has 1 aliphatic rings. The summed E-state index contributed by atoms with van der Waals surface area (Å²) < 4.78 is 1.90. The first kappa shape index (κ1) is 6.85. The third kappa shape index (κ3) is 1.28. The molecule has 1 saturated carbocycles. The van der Waals surface area contributed by atoms with Gasteiger partial charge in [0, 0.05) is 30.9 Å². The van der Waals surface area contributed by atoms with Crippen molar-refractivity contribution in [2.45, 2.75) is 24.8 Å². The number of aromatic nitrogens is 2. The predicted molar refractivity (Wildman–Crippen MR) is 43.1 cm³/mol. The van der Waals surface area contributed by atoms with Crippen molar-refractivity contribution >= 4 is 0 Å². The zero-order valence-electron chi connectivity index (χ0n) is 6.75. The van der Waals surface area contributed by atoms with E-state index in [1.54, 1.807) is 0 Å². The molecule has 1 heterocycles. The fraction of sp³-hybridized carbons (Fsp3) is 0.625. The summed E-state index contributed by atoms with van der Waals surface area (Å²) in [5, 5.41) is 4.09. The molecule has 0 aromatic carbocycles. The summed E-state index contributed by atoms with van der Waals surface area (Å²) in [6, 6.07) is 2.03. The Morgan fingerprint density at radius 2 is 2.45 bits per heavy atom. The van der Waals surface area contributed by atoms with E-state index in [0.29, 0.717) is 0 Å². The van der Waals surface area contributed by atoms with Gasteiger partial charge in [-0.2, -0.15) is 5.10 Å². The van der Waals surface area contributed by atoms with Crippen molar-refractivity contribution in [3.05, 3.63) is 18.0 Å². The molecule has 0 unspecified atom stereocenters. The van der Waals surface area contributed by atoms with Crippen LogP contribution in [-0.4, -0.2) is 15.3 Å². The number of hydrogen-bond acceptors (Lipinski definition) is 2. The number of hydrogen-bond donors (Lipinski definition) is 1. The van der Waals surface area contributed by atoms with Gasteiger partial charge in [0.05, 0.1) is 0 Å². The second kappa shape index (κ2) is 2.08. The minimum atomic E-state index is 0.105. The molecule has 2 rings (SSSR count). The van der Waals surface area contributed by atoms with Crippen LogP contribution in [-0.2, 0) is 13.5 Å². The van der Waals surface area contributed by atoms with E-state index in [1.807, 2.05) is 24.0 Å². The number of aryl methyl sites for hydroxylation is 1. The third-order valence-electron chi connectivity index (χ3n) is 2.35. The van der Waals surface area contributed by atoms with Crippen LogP contribution in [0.5, 0.6) is 0 Å². The maximum atomic E-state index is 5.97. The second-order valence-corrected chi connectivity index (χ2v) is 3.49. The van der Waals surface area contributed by atoms with Crippen LogP contribution in [0.15, 0.2) is 12.3 Å². The Bertz CT molecular complexity index is 260. The fourth-order valence-corrected chi connectivity index (χ4v) is 1.27. The van der Waals surface area contributed by atoms with Crippen LogP contribution in [0, 0.1) is 0 Å². The molecule has 0 amide bonds. The molecule has 1 fully saturated rings. The van der Waals surface area contributed by atoms with Gasteiger partial charge >= 0.3 is 0 Å². The Kier molecular flexibility index (Phi) is 1.29. The van der Waals surface area contributed by atoms with Crippen LogP contribution < -0.4 is 5.73 Å². The summed E-state index contributed by atoms with van der Waals surface area (Å²) >= 11 is 0. The van der Waals surface area contributed by atoms with Gasteiger partial charge in [0.15, 0.2) is 0 Å². The smallest absolute Gasteiger partial charge is 0.0492 e. The van der Waals surface area contributed by atoms with Gasteiger partial charge in [-0.25, -0.2) is 0 Å². The average molecular weight is 151 g/mol. The van der Waals surface area contributed by atoms with Crippen LogP contribution >= 0.6 is 0 Å². The summed E-state index contributed by atoms with van der Waals surface area (Å²) in [6.45, 7) is 0. The molecular weight excluding hydrogens is 138 g/mol. The van der Waals surface area contributed by atoms with Crippen molar-refractivity contribution in [3.63, 3.8) is 0 Å². The molecule has 60 valence electrons. The van der Waals surface area contributed by atoms with E-state index in [0.717, 1.165) is 19.3 Å². The molecule has 0 aliphatic heterocycles. The van der Waals surface area contributed by atoms with E-state index < -0.39 is 0 Å². The van der Waals surface area contributed by atoms with E-state index in [9.17, 15) is 0 Å². The molecular formula is C8H13N3. The van der Waals surface area contributed by atoms with Crippen molar-refractivity contribution in [1.29, 1.82) is 0 Å². The second-order valence-electron chi connectivity index (χ2n) is 3.49. The Morgan fingerprint density at radius 3 is 2.91 bits per heavy atom. The lowest BCUT2D eigenvalue weighted by atomic mass is 10.1. The highest BCUT2D eigenvalue weighted by Crippen LogP contribution is 2.35. The van der Waals surface area contributed by atoms with Gasteiger partial charge in [-0.15, -0.1) is 0 Å². The molecule has 0 bridgehead atoms. The molecule has 1 aromatic heterocycles. The quantitative estimate of drug-likeness (QED) is 0.667. The standard InChI is InChI=1S/C8H13N3/c1-11-7(2-5-10-11)6-8(9)3-4-8/h2,5H,3-4,6,9H2,1H3. The fourth-order valence-electron chi connectivity index (χ4n) is 1.27. The molecule has 0 atom stereocenters. The monoisotopic (exact) mass is 151 g/mol. The van der Waals surface area contributed by atoms with Gasteiger partial charge in [0.25, 0.3) is 0 Å². The summed E-state index contributed by atoms with van der Waals surface area (Å²) in [5.74, 6) is 0. The molecule has 3 heteroatoms. The van der Waals surface area contributed by atoms with Crippen LogP contribution in [0.3, 0.4) is 0 Å². The SMILES string of the molecule is Cn1nccc1CC1(N)CC1. The first-order chi connectivity index (χ1) is 5.20. The van der Waals surface area contributed by atoms with Crippen molar-refractivity contribution in [1.82, 2.24) is 9.78 Å². The highest BCUT2D eigenvalue weighted by molar-refractivity contribution is 5.11. The normalized spacial score (nSPS) is 20.2. The van der Waals surface area contributed by atoms with Crippen molar-refractivity contribution < 1.29 is 0 Å². The number of nitrogens with two attached hydrogens (primary N) is 1. The topological polar surface area (TPSA) is 43.8 Å². The van der Waals surface area contributed by atoms with Crippen LogP contribution in [0.25, 0.3) is 0 Å². The van der Waals surface area contributed by atoms with E-state index in [4.69, 9.17) is 5.73 Å². The van der Waals surface area contributed by atoms with E-state index >= 15 is 0 Å². The maximum Gasteiger partial charge on any atom is 0.0492 e. The highest BCUT2D eigenvalue weighted by Gasteiger charge is 2.38. The first-order valence-electron chi connectivity index (χ1n) is 3.95. The Morgan fingerprint density at radius 1 is 1.73 bits per heavy atom. The van der Waals surface area contributed by atoms with Crippen LogP contribution in [0.2, 0.25) is 0 Å². The molecule has 0 radical (unpaired) electrons. The molecule has 11 heavy (non-hydrogen) atoms. The molecule has 0 saturated heterocycles. The lowest BCUT2D eigenvalue weighted by Gasteiger charge is -2.07. The van der Waals surface area contributed by atoms with Gasteiger partial charge in [0.2, 0.25) is 0 Å². The average Bonchev–Trinajstić information content (AvgIpc) is 2.54. The van der Waals surface area contributed by atoms with Gasteiger partial charge in [-0.1, -0.05) is 0 Å².